The SMILES string of the molecule is CC(CNC1CC1)c1ccc(Br)cc1. The van der Waals surface area contributed by atoms with Gasteiger partial charge in [0.2, 0.25) is 0 Å². The Morgan fingerprint density at radius 2 is 2.00 bits per heavy atom. The van der Waals surface area contributed by atoms with Gasteiger partial charge in [0.15, 0.2) is 0 Å². The summed E-state index contributed by atoms with van der Waals surface area (Å²) in [7, 11) is 0. The molecule has 1 N–H and O–H groups in total. The molecule has 0 bridgehead atoms. The van der Waals surface area contributed by atoms with Crippen LogP contribution in [0.4, 0.5) is 0 Å². The third kappa shape index (κ3) is 2.82. The maximum atomic E-state index is 3.56. The van der Waals surface area contributed by atoms with E-state index in [1.54, 1.807) is 0 Å². The van der Waals surface area contributed by atoms with E-state index in [-0.39, 0.29) is 0 Å². The van der Waals surface area contributed by atoms with Crippen molar-refractivity contribution >= 4 is 15.9 Å². The highest BCUT2D eigenvalue weighted by molar-refractivity contribution is 9.10. The molecular weight excluding hydrogens is 238 g/mol. The summed E-state index contributed by atoms with van der Waals surface area (Å²) in [6.07, 6.45) is 2.74. The van der Waals surface area contributed by atoms with Crippen molar-refractivity contribution in [1.29, 1.82) is 0 Å². The molecule has 1 fully saturated rings. The first-order chi connectivity index (χ1) is 6.75. The molecule has 1 nitrogen and oxygen atoms in total. The monoisotopic (exact) mass is 253 g/mol. The minimum atomic E-state index is 0.615. The molecule has 1 aromatic carbocycles. The fourth-order valence-corrected chi connectivity index (χ4v) is 1.80. The first-order valence-electron chi connectivity index (χ1n) is 5.24. The number of rotatable bonds is 4. The molecule has 0 aromatic heterocycles. The van der Waals surface area contributed by atoms with Gasteiger partial charge in [-0.2, -0.15) is 0 Å². The smallest absolute Gasteiger partial charge is 0.0175 e. The van der Waals surface area contributed by atoms with E-state index in [1.165, 1.54) is 18.4 Å². The number of nitrogens with one attached hydrogen (secondary N) is 1. The molecule has 1 aliphatic carbocycles. The van der Waals surface area contributed by atoms with Gasteiger partial charge in [-0.1, -0.05) is 35.0 Å². The molecule has 1 aromatic rings. The maximum absolute atomic E-state index is 3.56. The summed E-state index contributed by atoms with van der Waals surface area (Å²) in [5.41, 5.74) is 1.42. The average Bonchev–Trinajstić information content (AvgIpc) is 2.99. The molecule has 0 saturated heterocycles. The lowest BCUT2D eigenvalue weighted by Crippen LogP contribution is -2.21. The van der Waals surface area contributed by atoms with Gasteiger partial charge >= 0.3 is 0 Å². The Morgan fingerprint density at radius 1 is 1.36 bits per heavy atom. The quantitative estimate of drug-likeness (QED) is 0.869. The zero-order valence-electron chi connectivity index (χ0n) is 8.46. The lowest BCUT2D eigenvalue weighted by atomic mass is 10.0. The van der Waals surface area contributed by atoms with Gasteiger partial charge in [0.25, 0.3) is 0 Å². The Morgan fingerprint density at radius 3 is 2.57 bits per heavy atom. The van der Waals surface area contributed by atoms with Crippen molar-refractivity contribution in [3.8, 4) is 0 Å². The molecule has 2 rings (SSSR count). The number of halogens is 1. The van der Waals surface area contributed by atoms with Crippen molar-refractivity contribution in [2.45, 2.75) is 31.7 Å². The van der Waals surface area contributed by atoms with Gasteiger partial charge in [-0.25, -0.2) is 0 Å². The molecule has 1 atom stereocenters. The first-order valence-corrected chi connectivity index (χ1v) is 6.04. The third-order valence-electron chi connectivity index (χ3n) is 2.73. The summed E-state index contributed by atoms with van der Waals surface area (Å²) in [5, 5.41) is 3.56. The second-order valence-electron chi connectivity index (χ2n) is 4.14. The highest BCUT2D eigenvalue weighted by Crippen LogP contribution is 2.22. The van der Waals surface area contributed by atoms with E-state index in [1.807, 2.05) is 0 Å². The Balaban J connectivity index is 1.88. The van der Waals surface area contributed by atoms with Crippen LogP contribution in [0.1, 0.15) is 31.2 Å². The van der Waals surface area contributed by atoms with Crippen LogP contribution in [0, 0.1) is 0 Å². The maximum Gasteiger partial charge on any atom is 0.0175 e. The van der Waals surface area contributed by atoms with Crippen molar-refractivity contribution < 1.29 is 0 Å². The Labute approximate surface area is 94.0 Å². The van der Waals surface area contributed by atoms with Gasteiger partial charge in [-0.15, -0.1) is 0 Å². The molecule has 1 unspecified atom stereocenters. The highest BCUT2D eigenvalue weighted by Gasteiger charge is 2.20. The topological polar surface area (TPSA) is 12.0 Å². The van der Waals surface area contributed by atoms with Gasteiger partial charge < -0.3 is 5.32 Å². The number of benzene rings is 1. The van der Waals surface area contributed by atoms with Crippen molar-refractivity contribution in [3.63, 3.8) is 0 Å². The van der Waals surface area contributed by atoms with Crippen LogP contribution in [0.2, 0.25) is 0 Å². The van der Waals surface area contributed by atoms with Crippen LogP contribution in [0.5, 0.6) is 0 Å². The van der Waals surface area contributed by atoms with Crippen LogP contribution in [-0.4, -0.2) is 12.6 Å². The molecule has 0 aliphatic heterocycles. The van der Waals surface area contributed by atoms with E-state index in [9.17, 15) is 0 Å². The fourth-order valence-electron chi connectivity index (χ4n) is 1.54. The van der Waals surface area contributed by atoms with Crippen molar-refractivity contribution in [2.75, 3.05) is 6.54 Å². The van der Waals surface area contributed by atoms with Gasteiger partial charge in [-0.05, 0) is 36.5 Å². The molecule has 76 valence electrons. The van der Waals surface area contributed by atoms with Crippen LogP contribution in [0.3, 0.4) is 0 Å². The van der Waals surface area contributed by atoms with Crippen molar-refractivity contribution in [1.82, 2.24) is 5.32 Å². The molecule has 1 saturated carbocycles. The predicted molar refractivity (Wildman–Crippen MR) is 63.6 cm³/mol. The van der Waals surface area contributed by atoms with E-state index >= 15 is 0 Å². The fraction of sp³-hybridized carbons (Fsp3) is 0.500. The number of hydrogen-bond donors (Lipinski definition) is 1. The molecule has 0 spiro atoms. The highest BCUT2D eigenvalue weighted by atomic mass is 79.9. The van der Waals surface area contributed by atoms with Crippen molar-refractivity contribution in [2.24, 2.45) is 0 Å². The lowest BCUT2D eigenvalue weighted by molar-refractivity contribution is 0.612. The molecule has 0 radical (unpaired) electrons. The zero-order chi connectivity index (χ0) is 9.97. The minimum absolute atomic E-state index is 0.615. The largest absolute Gasteiger partial charge is 0.313 e. The molecular formula is C12H16BrN. The van der Waals surface area contributed by atoms with Gasteiger partial charge in [0.1, 0.15) is 0 Å². The van der Waals surface area contributed by atoms with Crippen molar-refractivity contribution in [3.05, 3.63) is 34.3 Å². The zero-order valence-corrected chi connectivity index (χ0v) is 10.0. The normalized spacial score (nSPS) is 18.1. The van der Waals surface area contributed by atoms with Crippen LogP contribution >= 0.6 is 15.9 Å². The van der Waals surface area contributed by atoms with E-state index in [4.69, 9.17) is 0 Å². The summed E-state index contributed by atoms with van der Waals surface area (Å²) in [6, 6.07) is 9.44. The first kappa shape index (κ1) is 10.2. The Hall–Kier alpha value is -0.340. The Bertz CT molecular complexity index is 290. The number of hydrogen-bond acceptors (Lipinski definition) is 1. The summed E-state index contributed by atoms with van der Waals surface area (Å²) in [5.74, 6) is 0.615. The van der Waals surface area contributed by atoms with Crippen LogP contribution in [0.15, 0.2) is 28.7 Å². The molecule has 0 heterocycles. The standard InChI is InChI=1S/C12H16BrN/c1-9(8-14-12-6-7-12)10-2-4-11(13)5-3-10/h2-5,9,12,14H,6-8H2,1H3. The van der Waals surface area contributed by atoms with Gasteiger partial charge in [0.05, 0.1) is 0 Å². The molecule has 1 aliphatic rings. The van der Waals surface area contributed by atoms with Crippen LogP contribution in [0.25, 0.3) is 0 Å². The summed E-state index contributed by atoms with van der Waals surface area (Å²) in [4.78, 5) is 0. The van der Waals surface area contributed by atoms with E-state index in [0.29, 0.717) is 5.92 Å². The van der Waals surface area contributed by atoms with Crippen LogP contribution in [-0.2, 0) is 0 Å². The minimum Gasteiger partial charge on any atom is -0.313 e. The summed E-state index contributed by atoms with van der Waals surface area (Å²) in [6.45, 7) is 3.38. The molecule has 14 heavy (non-hydrogen) atoms. The summed E-state index contributed by atoms with van der Waals surface area (Å²) < 4.78 is 1.16. The Kier molecular flexibility index (Phi) is 3.24. The van der Waals surface area contributed by atoms with E-state index in [0.717, 1.165) is 17.1 Å². The summed E-state index contributed by atoms with van der Waals surface area (Å²) >= 11 is 3.45. The third-order valence-corrected chi connectivity index (χ3v) is 3.26. The molecule has 2 heteroatoms. The van der Waals surface area contributed by atoms with Gasteiger partial charge in [0, 0.05) is 17.1 Å². The van der Waals surface area contributed by atoms with E-state index < -0.39 is 0 Å². The predicted octanol–water partition coefficient (Wildman–Crippen LogP) is 3.30. The average molecular weight is 254 g/mol. The van der Waals surface area contributed by atoms with Crippen LogP contribution < -0.4 is 5.32 Å². The van der Waals surface area contributed by atoms with Gasteiger partial charge in [-0.3, -0.25) is 0 Å². The van der Waals surface area contributed by atoms with E-state index in [2.05, 4.69) is 52.4 Å². The second-order valence-corrected chi connectivity index (χ2v) is 5.05. The second kappa shape index (κ2) is 4.45. The lowest BCUT2D eigenvalue weighted by Gasteiger charge is -2.12. The molecule has 0 amide bonds.